The van der Waals surface area contributed by atoms with Gasteiger partial charge in [-0.15, -0.1) is 0 Å². The molecule has 3 N–H and O–H groups in total. The fourth-order valence-corrected chi connectivity index (χ4v) is 7.07. The number of likely N-dealkylation sites (tertiary alicyclic amines) is 1. The number of fused-ring (bicyclic) bond motifs is 1. The van der Waals surface area contributed by atoms with Crippen molar-refractivity contribution in [2.75, 3.05) is 20.1 Å². The quantitative estimate of drug-likeness (QED) is 0.332. The lowest BCUT2D eigenvalue weighted by Crippen LogP contribution is -2.60. The molecular weight excluding hydrogens is 488 g/mol. The van der Waals surface area contributed by atoms with Gasteiger partial charge in [0.05, 0.1) is 11.7 Å². The molecule has 0 spiro atoms. The van der Waals surface area contributed by atoms with Gasteiger partial charge in [0.1, 0.15) is 12.0 Å². The Morgan fingerprint density at radius 1 is 1.05 bits per heavy atom. The van der Waals surface area contributed by atoms with Crippen LogP contribution in [0.4, 0.5) is 0 Å². The fraction of sp³-hybridized carbons (Fsp3) is 0.333. The van der Waals surface area contributed by atoms with E-state index in [1.807, 2.05) is 48.5 Å². The predicted octanol–water partition coefficient (Wildman–Crippen LogP) is 4.28. The number of aldehydes is 1. The zero-order chi connectivity index (χ0) is 27.1. The Morgan fingerprint density at radius 2 is 1.77 bits per heavy atom. The molecule has 3 aromatic carbocycles. The molecule has 4 atom stereocenters. The summed E-state index contributed by atoms with van der Waals surface area (Å²) in [5.74, 6) is 0.00447. The number of phenolic OH excluding ortho intramolecular Hbond substituents is 1. The number of hydrogen-bond acceptors (Lipinski definition) is 5. The van der Waals surface area contributed by atoms with E-state index in [4.69, 9.17) is 0 Å². The second-order valence-corrected chi connectivity index (χ2v) is 11.3. The van der Waals surface area contributed by atoms with Gasteiger partial charge in [0.15, 0.2) is 0 Å². The molecule has 0 saturated carbocycles. The monoisotopic (exact) mass is 522 g/mol. The van der Waals surface area contributed by atoms with E-state index >= 15 is 0 Å². The van der Waals surface area contributed by atoms with E-state index in [2.05, 4.69) is 23.3 Å². The molecule has 200 valence electrons. The molecule has 6 nitrogen and oxygen atoms in total. The van der Waals surface area contributed by atoms with Crippen LogP contribution in [-0.4, -0.2) is 59.6 Å². The number of phenols is 1. The van der Waals surface area contributed by atoms with Crippen molar-refractivity contribution in [2.24, 2.45) is 5.92 Å². The summed E-state index contributed by atoms with van der Waals surface area (Å²) >= 11 is 0. The molecule has 6 heteroatoms. The zero-order valence-electron chi connectivity index (χ0n) is 22.1. The third-order valence-electron chi connectivity index (χ3n) is 9.11. The molecule has 1 fully saturated rings. The maximum atomic E-state index is 13.2. The largest absolute Gasteiger partial charge is 0.507 e. The number of aliphatic hydroxyl groups is 1. The number of aromatic hydroxyl groups is 1. The van der Waals surface area contributed by atoms with E-state index < -0.39 is 6.10 Å². The number of carbonyl (C=O) groups is 2. The Hall–Kier alpha value is -3.74. The highest BCUT2D eigenvalue weighted by molar-refractivity contribution is 5.97. The topological polar surface area (TPSA) is 89.9 Å². The number of nitrogens with zero attached hydrogens (tertiary/aromatic N) is 1. The molecule has 6 rings (SSSR count). The number of hydrogen-bond donors (Lipinski definition) is 3. The number of likely N-dealkylation sites (N-methyl/N-ethyl adjacent to an activating group) is 1. The normalized spacial score (nSPS) is 25.4. The second-order valence-electron chi connectivity index (χ2n) is 11.3. The van der Waals surface area contributed by atoms with Crippen LogP contribution >= 0.6 is 0 Å². The number of rotatable bonds is 6. The smallest absolute Gasteiger partial charge is 0.255 e. The molecule has 1 aliphatic heterocycles. The maximum absolute atomic E-state index is 13.2. The summed E-state index contributed by atoms with van der Waals surface area (Å²) in [5.41, 5.74) is 5.76. The van der Waals surface area contributed by atoms with Gasteiger partial charge in [-0.1, -0.05) is 66.7 Å². The maximum Gasteiger partial charge on any atom is 0.255 e. The minimum atomic E-state index is -0.546. The predicted molar refractivity (Wildman–Crippen MR) is 151 cm³/mol. The first-order chi connectivity index (χ1) is 18.9. The number of aliphatic hydroxyl groups excluding tert-OH is 1. The lowest BCUT2D eigenvalue weighted by molar-refractivity contribution is 0.0195. The third kappa shape index (κ3) is 4.48. The molecule has 1 saturated heterocycles. The van der Waals surface area contributed by atoms with E-state index in [1.165, 1.54) is 0 Å². The van der Waals surface area contributed by atoms with E-state index in [0.29, 0.717) is 36.6 Å². The van der Waals surface area contributed by atoms with Gasteiger partial charge in [-0.05, 0) is 67.6 Å². The van der Waals surface area contributed by atoms with E-state index in [9.17, 15) is 19.8 Å². The fourth-order valence-electron chi connectivity index (χ4n) is 7.07. The van der Waals surface area contributed by atoms with Crippen molar-refractivity contribution in [3.05, 3.63) is 101 Å². The van der Waals surface area contributed by atoms with Crippen LogP contribution in [0.5, 0.6) is 5.75 Å². The molecule has 3 aliphatic rings. The Kier molecular flexibility index (Phi) is 6.61. The highest BCUT2D eigenvalue weighted by atomic mass is 16.3. The minimum absolute atomic E-state index is 0.0745. The third-order valence-corrected chi connectivity index (χ3v) is 9.11. The van der Waals surface area contributed by atoms with E-state index in [-0.39, 0.29) is 23.0 Å². The van der Waals surface area contributed by atoms with Crippen LogP contribution in [0.1, 0.15) is 50.2 Å². The van der Waals surface area contributed by atoms with Gasteiger partial charge in [0.2, 0.25) is 0 Å². The van der Waals surface area contributed by atoms with Gasteiger partial charge in [0.25, 0.3) is 5.91 Å². The Bertz CT molecular complexity index is 1430. The molecule has 1 heterocycles. The summed E-state index contributed by atoms with van der Waals surface area (Å²) in [5, 5.41) is 25.1. The van der Waals surface area contributed by atoms with Crippen LogP contribution in [0.3, 0.4) is 0 Å². The lowest BCUT2D eigenvalue weighted by atomic mass is 9.53. The van der Waals surface area contributed by atoms with Crippen LogP contribution < -0.4 is 5.32 Å². The van der Waals surface area contributed by atoms with Gasteiger partial charge in [-0.2, -0.15) is 0 Å². The van der Waals surface area contributed by atoms with Gasteiger partial charge in [0, 0.05) is 35.0 Å². The standard InChI is InChI=1S/C33H34N2O4/c1-35-17-15-33-19-26(37)11-13-28(33)29(35)18-25-10-12-27(31(38)30(25)33)32(39)34-16-14-21-2-6-23(7-3-21)24-8-4-22(20-36)5-9-24/h2-13,20,26,28-29,37-38H,14-19H2,1H3,(H,34,39)/t26?,28-,29+,33?/m0/s1. The van der Waals surface area contributed by atoms with E-state index in [0.717, 1.165) is 53.5 Å². The highest BCUT2D eigenvalue weighted by Gasteiger charge is 2.54. The lowest BCUT2D eigenvalue weighted by Gasteiger charge is -2.57. The van der Waals surface area contributed by atoms with Crippen LogP contribution in [0.25, 0.3) is 11.1 Å². The SMILES string of the molecule is CN1CCC23CC(O)C=C[C@H]2[C@H]1Cc1ccc(C(=O)NCCc2ccc(-c4ccc(C=O)cc4)cc2)c(O)c13. The van der Waals surface area contributed by atoms with Gasteiger partial charge < -0.3 is 20.4 Å². The number of amides is 1. The Labute approximate surface area is 229 Å². The van der Waals surface area contributed by atoms with Crippen LogP contribution in [-0.2, 0) is 18.3 Å². The summed E-state index contributed by atoms with van der Waals surface area (Å²) in [6, 6.07) is 19.7. The van der Waals surface area contributed by atoms with Crippen molar-refractivity contribution in [1.29, 1.82) is 0 Å². The number of piperidine rings is 1. The van der Waals surface area contributed by atoms with Crippen molar-refractivity contribution < 1.29 is 19.8 Å². The first-order valence-corrected chi connectivity index (χ1v) is 13.7. The van der Waals surface area contributed by atoms with Crippen molar-refractivity contribution >= 4 is 12.2 Å². The molecule has 0 aromatic heterocycles. The average Bonchev–Trinajstić information content (AvgIpc) is 2.95. The first-order valence-electron chi connectivity index (χ1n) is 13.7. The second kappa shape index (κ2) is 10.1. The van der Waals surface area contributed by atoms with Crippen molar-refractivity contribution in [3.8, 4) is 16.9 Å². The molecule has 3 aromatic rings. The zero-order valence-corrected chi connectivity index (χ0v) is 22.1. The molecular formula is C33H34N2O4. The molecule has 39 heavy (non-hydrogen) atoms. The van der Waals surface area contributed by atoms with Crippen LogP contribution in [0.2, 0.25) is 0 Å². The van der Waals surface area contributed by atoms with Crippen LogP contribution in [0.15, 0.2) is 72.8 Å². The Balaban J connectivity index is 1.16. The van der Waals surface area contributed by atoms with Crippen molar-refractivity contribution in [1.82, 2.24) is 10.2 Å². The molecule has 0 radical (unpaired) electrons. The number of carbonyl (C=O) groups excluding carboxylic acids is 2. The summed E-state index contributed by atoms with van der Waals surface area (Å²) in [7, 11) is 2.15. The molecule has 2 aliphatic carbocycles. The molecule has 2 unspecified atom stereocenters. The van der Waals surface area contributed by atoms with Gasteiger partial charge >= 0.3 is 0 Å². The summed E-state index contributed by atoms with van der Waals surface area (Å²) < 4.78 is 0. The van der Waals surface area contributed by atoms with Crippen molar-refractivity contribution in [2.45, 2.75) is 43.2 Å². The molecule has 1 amide bonds. The minimum Gasteiger partial charge on any atom is -0.507 e. The first kappa shape index (κ1) is 25.5. The number of nitrogens with one attached hydrogen (secondary N) is 1. The average molecular weight is 523 g/mol. The summed E-state index contributed by atoms with van der Waals surface area (Å²) in [6.45, 7) is 1.35. The van der Waals surface area contributed by atoms with E-state index in [1.54, 1.807) is 18.2 Å². The van der Waals surface area contributed by atoms with Crippen molar-refractivity contribution in [3.63, 3.8) is 0 Å². The molecule has 2 bridgehead atoms. The summed E-state index contributed by atoms with van der Waals surface area (Å²) in [6.07, 6.45) is 7.22. The Morgan fingerprint density at radius 3 is 2.49 bits per heavy atom. The van der Waals surface area contributed by atoms with Crippen LogP contribution in [0, 0.1) is 5.92 Å². The number of benzene rings is 3. The summed E-state index contributed by atoms with van der Waals surface area (Å²) in [4.78, 5) is 26.5. The van der Waals surface area contributed by atoms with Gasteiger partial charge in [-0.3, -0.25) is 9.59 Å². The highest BCUT2D eigenvalue weighted by Crippen LogP contribution is 2.56. The van der Waals surface area contributed by atoms with Gasteiger partial charge in [-0.25, -0.2) is 0 Å².